The number of hydrogen-bond donors (Lipinski definition) is 0. The third-order valence-corrected chi connectivity index (χ3v) is 2.83. The molecule has 1 atom stereocenters. The number of carbonyl (C=O) groups is 1. The third-order valence-electron chi connectivity index (χ3n) is 2.83. The molecule has 3 heteroatoms. The van der Waals surface area contributed by atoms with Crippen molar-refractivity contribution in [1.82, 2.24) is 0 Å². The highest BCUT2D eigenvalue weighted by Gasteiger charge is 2.23. The first-order valence-corrected chi connectivity index (χ1v) is 5.57. The van der Waals surface area contributed by atoms with E-state index >= 15 is 0 Å². The molecule has 1 aromatic carbocycles. The Morgan fingerprint density at radius 1 is 1.44 bits per heavy atom. The second-order valence-electron chi connectivity index (χ2n) is 3.99. The van der Waals surface area contributed by atoms with E-state index in [1.54, 1.807) is 7.11 Å². The van der Waals surface area contributed by atoms with Gasteiger partial charge in [0, 0.05) is 13.0 Å². The van der Waals surface area contributed by atoms with Crippen LogP contribution in [0.5, 0.6) is 5.75 Å². The predicted molar refractivity (Wildman–Crippen MR) is 60.7 cm³/mol. The minimum absolute atomic E-state index is 0.179. The van der Waals surface area contributed by atoms with Gasteiger partial charge in [-0.3, -0.25) is 4.79 Å². The van der Waals surface area contributed by atoms with Gasteiger partial charge in [0.25, 0.3) is 0 Å². The van der Waals surface area contributed by atoms with Gasteiger partial charge in [0.2, 0.25) is 0 Å². The van der Waals surface area contributed by atoms with Crippen molar-refractivity contribution < 1.29 is 14.3 Å². The van der Waals surface area contributed by atoms with Crippen molar-refractivity contribution in [1.29, 1.82) is 0 Å². The zero-order valence-electron chi connectivity index (χ0n) is 9.44. The molecule has 3 nitrogen and oxygen atoms in total. The van der Waals surface area contributed by atoms with Crippen molar-refractivity contribution >= 4 is 5.78 Å². The minimum atomic E-state index is -0.179. The van der Waals surface area contributed by atoms with Crippen LogP contribution in [0.4, 0.5) is 0 Å². The number of hydrogen-bond acceptors (Lipinski definition) is 3. The zero-order valence-corrected chi connectivity index (χ0v) is 9.44. The maximum Gasteiger partial charge on any atom is 0.165 e. The fraction of sp³-hybridized carbons (Fsp3) is 0.462. The molecular formula is C13H16O3. The number of rotatable bonds is 4. The fourth-order valence-corrected chi connectivity index (χ4v) is 1.89. The normalized spacial score (nSPS) is 19.7. The van der Waals surface area contributed by atoms with Crippen LogP contribution in [0.3, 0.4) is 0 Å². The van der Waals surface area contributed by atoms with Crippen LogP contribution in [-0.4, -0.2) is 25.6 Å². The predicted octanol–water partition coefficient (Wildman–Crippen LogP) is 1.99. The number of benzene rings is 1. The molecule has 0 aliphatic carbocycles. The first-order valence-electron chi connectivity index (χ1n) is 5.57. The third kappa shape index (κ3) is 2.61. The Labute approximate surface area is 95.4 Å². The lowest BCUT2D eigenvalue weighted by atomic mass is 10.0. The van der Waals surface area contributed by atoms with Gasteiger partial charge >= 0.3 is 0 Å². The lowest BCUT2D eigenvalue weighted by Gasteiger charge is -2.08. The van der Waals surface area contributed by atoms with Gasteiger partial charge in [0.05, 0.1) is 7.11 Å². The smallest absolute Gasteiger partial charge is 0.165 e. The summed E-state index contributed by atoms with van der Waals surface area (Å²) in [6.45, 7) is 0.721. The van der Waals surface area contributed by atoms with Gasteiger partial charge in [-0.05, 0) is 30.5 Å². The summed E-state index contributed by atoms with van der Waals surface area (Å²) in [5.74, 6) is 0.996. The number of ketones is 1. The Morgan fingerprint density at radius 2 is 2.19 bits per heavy atom. The quantitative estimate of drug-likeness (QED) is 0.778. The van der Waals surface area contributed by atoms with Crippen molar-refractivity contribution in [2.45, 2.75) is 25.4 Å². The molecular weight excluding hydrogens is 204 g/mol. The molecule has 1 saturated heterocycles. The summed E-state index contributed by atoms with van der Waals surface area (Å²) in [6.07, 6.45) is 2.14. The Balaban J connectivity index is 1.94. The van der Waals surface area contributed by atoms with E-state index in [-0.39, 0.29) is 11.9 Å². The molecule has 0 aromatic heterocycles. The van der Waals surface area contributed by atoms with E-state index in [1.165, 1.54) is 0 Å². The van der Waals surface area contributed by atoms with Crippen molar-refractivity contribution in [3.63, 3.8) is 0 Å². The van der Waals surface area contributed by atoms with Crippen LogP contribution in [0, 0.1) is 0 Å². The summed E-state index contributed by atoms with van der Waals surface area (Å²) < 4.78 is 10.4. The molecule has 0 radical (unpaired) electrons. The van der Waals surface area contributed by atoms with Gasteiger partial charge in [-0.1, -0.05) is 12.1 Å². The Kier molecular flexibility index (Phi) is 3.57. The first-order chi connectivity index (χ1) is 7.79. The highest BCUT2D eigenvalue weighted by molar-refractivity contribution is 5.85. The molecule has 0 amide bonds. The van der Waals surface area contributed by atoms with Crippen LogP contribution in [-0.2, 0) is 16.0 Å². The van der Waals surface area contributed by atoms with Gasteiger partial charge in [0.15, 0.2) is 5.78 Å². The second kappa shape index (κ2) is 5.12. The Hall–Kier alpha value is -1.35. The van der Waals surface area contributed by atoms with Crippen LogP contribution in [0.2, 0.25) is 0 Å². The molecule has 1 aromatic rings. The van der Waals surface area contributed by atoms with Crippen LogP contribution in [0.15, 0.2) is 24.3 Å². The van der Waals surface area contributed by atoms with E-state index in [2.05, 4.69) is 0 Å². The first kappa shape index (κ1) is 11.1. The molecule has 2 rings (SSSR count). The summed E-state index contributed by atoms with van der Waals surface area (Å²) in [4.78, 5) is 11.8. The van der Waals surface area contributed by atoms with Gasteiger partial charge in [0.1, 0.15) is 11.9 Å². The van der Waals surface area contributed by atoms with Crippen molar-refractivity contribution in [3.05, 3.63) is 29.8 Å². The number of Topliss-reactive ketones (excluding diaryl/α,β-unsaturated/α-hetero) is 1. The highest BCUT2D eigenvalue weighted by atomic mass is 16.5. The highest BCUT2D eigenvalue weighted by Crippen LogP contribution is 2.17. The Bertz CT molecular complexity index is 350. The van der Waals surface area contributed by atoms with Crippen molar-refractivity contribution in [2.24, 2.45) is 0 Å². The largest absolute Gasteiger partial charge is 0.497 e. The van der Waals surface area contributed by atoms with E-state index in [0.717, 1.165) is 30.8 Å². The van der Waals surface area contributed by atoms with Crippen molar-refractivity contribution in [3.8, 4) is 5.75 Å². The Morgan fingerprint density at radius 3 is 2.75 bits per heavy atom. The standard InChI is InChI=1S/C13H16O3/c1-15-11-6-4-10(5-7-11)9-12(14)13-3-2-8-16-13/h4-7,13H,2-3,8-9H2,1H3. The SMILES string of the molecule is COc1ccc(CC(=O)C2CCCO2)cc1. The summed E-state index contributed by atoms with van der Waals surface area (Å²) in [5.41, 5.74) is 1.02. The molecule has 1 unspecified atom stereocenters. The number of ether oxygens (including phenoxy) is 2. The molecule has 86 valence electrons. The van der Waals surface area contributed by atoms with Crippen LogP contribution >= 0.6 is 0 Å². The van der Waals surface area contributed by atoms with E-state index in [1.807, 2.05) is 24.3 Å². The topological polar surface area (TPSA) is 35.5 Å². The molecule has 1 fully saturated rings. The maximum atomic E-state index is 11.8. The average molecular weight is 220 g/mol. The molecule has 0 spiro atoms. The molecule has 0 saturated carbocycles. The maximum absolute atomic E-state index is 11.8. The monoisotopic (exact) mass is 220 g/mol. The zero-order chi connectivity index (χ0) is 11.4. The summed E-state index contributed by atoms with van der Waals surface area (Å²) in [7, 11) is 1.63. The molecule has 1 aliphatic rings. The van der Waals surface area contributed by atoms with Gasteiger partial charge in [-0.25, -0.2) is 0 Å². The minimum Gasteiger partial charge on any atom is -0.497 e. The second-order valence-corrected chi connectivity index (χ2v) is 3.99. The average Bonchev–Trinajstić information content (AvgIpc) is 2.83. The summed E-state index contributed by atoms with van der Waals surface area (Å²) >= 11 is 0. The number of methoxy groups -OCH3 is 1. The molecule has 16 heavy (non-hydrogen) atoms. The molecule has 0 bridgehead atoms. The van der Waals surface area contributed by atoms with Crippen LogP contribution in [0.1, 0.15) is 18.4 Å². The van der Waals surface area contributed by atoms with Crippen LogP contribution in [0.25, 0.3) is 0 Å². The number of carbonyl (C=O) groups excluding carboxylic acids is 1. The van der Waals surface area contributed by atoms with Gasteiger partial charge < -0.3 is 9.47 Å². The lowest BCUT2D eigenvalue weighted by molar-refractivity contribution is -0.127. The van der Waals surface area contributed by atoms with Crippen molar-refractivity contribution in [2.75, 3.05) is 13.7 Å². The van der Waals surface area contributed by atoms with E-state index in [4.69, 9.17) is 9.47 Å². The van der Waals surface area contributed by atoms with Crippen LogP contribution < -0.4 is 4.74 Å². The van der Waals surface area contributed by atoms with Gasteiger partial charge in [-0.2, -0.15) is 0 Å². The van der Waals surface area contributed by atoms with E-state index in [9.17, 15) is 4.79 Å². The van der Waals surface area contributed by atoms with E-state index < -0.39 is 0 Å². The molecule has 0 N–H and O–H groups in total. The fourth-order valence-electron chi connectivity index (χ4n) is 1.89. The molecule has 1 aliphatic heterocycles. The summed E-state index contributed by atoms with van der Waals surface area (Å²) in [6, 6.07) is 7.59. The molecule has 1 heterocycles. The van der Waals surface area contributed by atoms with E-state index in [0.29, 0.717) is 6.42 Å². The summed E-state index contributed by atoms with van der Waals surface area (Å²) in [5, 5.41) is 0. The van der Waals surface area contributed by atoms with Gasteiger partial charge in [-0.15, -0.1) is 0 Å². The lowest BCUT2D eigenvalue weighted by Crippen LogP contribution is -2.21.